The zero-order valence-corrected chi connectivity index (χ0v) is 23.5. The van der Waals surface area contributed by atoms with Gasteiger partial charge in [-0.3, -0.25) is 9.59 Å². The molecule has 0 aliphatic carbocycles. The van der Waals surface area contributed by atoms with Crippen LogP contribution in [0.3, 0.4) is 0 Å². The lowest BCUT2D eigenvalue weighted by Crippen LogP contribution is -2.52. The van der Waals surface area contributed by atoms with Crippen LogP contribution >= 0.6 is 11.6 Å². The Hall–Kier alpha value is -3.83. The summed E-state index contributed by atoms with van der Waals surface area (Å²) in [4.78, 5) is 33.0. The van der Waals surface area contributed by atoms with Gasteiger partial charge in [0, 0.05) is 38.4 Å². The number of hydrogen-bond acceptors (Lipinski definition) is 6. The molecule has 1 saturated heterocycles. The third-order valence-electron chi connectivity index (χ3n) is 7.13. The Kier molecular flexibility index (Phi) is 8.79. The summed E-state index contributed by atoms with van der Waals surface area (Å²) in [6.45, 7) is 1.27. The fourth-order valence-corrected chi connectivity index (χ4v) is 5.04. The number of rotatable bonds is 7. The van der Waals surface area contributed by atoms with E-state index < -0.39 is 23.2 Å². The third kappa shape index (κ3) is 6.25. The molecule has 1 fully saturated rings. The van der Waals surface area contributed by atoms with Crippen molar-refractivity contribution < 1.29 is 32.6 Å². The largest absolute Gasteiger partial charge is 0.497 e. The number of nitrogens with one attached hydrogen (secondary N) is 1. The van der Waals surface area contributed by atoms with E-state index in [0.29, 0.717) is 37.3 Å². The van der Waals surface area contributed by atoms with E-state index >= 15 is 0 Å². The molecule has 8 nitrogen and oxygen atoms in total. The Labute approximate surface area is 240 Å². The number of ether oxygens (including phenoxy) is 1. The number of pyridine rings is 1. The van der Waals surface area contributed by atoms with Gasteiger partial charge >= 0.3 is 6.18 Å². The highest BCUT2D eigenvalue weighted by Gasteiger charge is 2.61. The summed E-state index contributed by atoms with van der Waals surface area (Å²) in [5, 5.41) is 13.1. The molecular formula is C29H30ClF3N4O4. The molecule has 1 aliphatic rings. The molecule has 0 bridgehead atoms. The molecule has 218 valence electrons. The minimum atomic E-state index is -5.29. The first-order valence-corrected chi connectivity index (χ1v) is 13.2. The Morgan fingerprint density at radius 3 is 2.37 bits per heavy atom. The van der Waals surface area contributed by atoms with Gasteiger partial charge in [-0.1, -0.05) is 35.9 Å². The highest BCUT2D eigenvalue weighted by atomic mass is 35.5. The molecule has 3 aromatic rings. The zero-order valence-electron chi connectivity index (χ0n) is 22.7. The van der Waals surface area contributed by atoms with Crippen molar-refractivity contribution in [2.45, 2.75) is 30.5 Å². The standard InChI is InChI=1S/C29H30ClF3N4O4/c1-36(2)26(38)23-10-11-24(35-25(23)30)37-14-12-18(13-15-37)19-6-4-8-21(16-19)34-27(39)28(40,29(31,32)33)20-7-5-9-22(17-20)41-3/h4-11,16-18,40H,12-15H2,1-3H3,(H,34,39)/t28-/m1/s1. The van der Waals surface area contributed by atoms with Gasteiger partial charge in [-0.2, -0.15) is 13.2 Å². The SMILES string of the molecule is COc1cccc([C@@](O)(C(=O)Nc2cccc(C3CCN(c4ccc(C(=O)N(C)C)c(Cl)n4)CC3)c2)C(F)(F)F)c1. The number of piperidine rings is 1. The lowest BCUT2D eigenvalue weighted by molar-refractivity contribution is -0.254. The molecule has 2 aromatic carbocycles. The highest BCUT2D eigenvalue weighted by molar-refractivity contribution is 6.32. The maximum atomic E-state index is 14.1. The van der Waals surface area contributed by atoms with Crippen molar-refractivity contribution in [2.24, 2.45) is 0 Å². The summed E-state index contributed by atoms with van der Waals surface area (Å²) in [6, 6.07) is 14.7. The molecule has 12 heteroatoms. The van der Waals surface area contributed by atoms with Crippen LogP contribution in [0.25, 0.3) is 0 Å². The number of alkyl halides is 3. The Morgan fingerprint density at radius 2 is 1.76 bits per heavy atom. The van der Waals surface area contributed by atoms with Gasteiger partial charge in [-0.05, 0) is 60.7 Å². The normalized spacial score (nSPS) is 15.7. The van der Waals surface area contributed by atoms with E-state index in [1.165, 1.54) is 30.2 Å². The first kappa shape index (κ1) is 30.1. The van der Waals surface area contributed by atoms with E-state index in [1.54, 1.807) is 38.4 Å². The monoisotopic (exact) mass is 590 g/mol. The number of carbonyl (C=O) groups is 2. The van der Waals surface area contributed by atoms with Crippen LogP contribution in [0, 0.1) is 0 Å². The number of nitrogens with zero attached hydrogens (tertiary/aromatic N) is 3. The quantitative estimate of drug-likeness (QED) is 0.367. The van der Waals surface area contributed by atoms with E-state index in [2.05, 4.69) is 15.2 Å². The second-order valence-electron chi connectivity index (χ2n) is 9.99. The average molecular weight is 591 g/mol. The van der Waals surface area contributed by atoms with Crippen molar-refractivity contribution in [1.29, 1.82) is 0 Å². The van der Waals surface area contributed by atoms with E-state index in [-0.39, 0.29) is 28.4 Å². The number of benzene rings is 2. The molecule has 0 radical (unpaired) electrons. The van der Waals surface area contributed by atoms with Crippen LogP contribution in [-0.4, -0.2) is 67.3 Å². The number of aliphatic hydroxyl groups is 1. The van der Waals surface area contributed by atoms with Gasteiger partial charge in [-0.25, -0.2) is 4.98 Å². The van der Waals surface area contributed by atoms with E-state index in [4.69, 9.17) is 16.3 Å². The number of amides is 2. The first-order valence-electron chi connectivity index (χ1n) is 12.8. The predicted molar refractivity (Wildman–Crippen MR) is 149 cm³/mol. The van der Waals surface area contributed by atoms with Crippen LogP contribution in [0.4, 0.5) is 24.7 Å². The molecule has 41 heavy (non-hydrogen) atoms. The smallest absolute Gasteiger partial charge is 0.430 e. The molecule has 1 aromatic heterocycles. The molecule has 0 unspecified atom stereocenters. The van der Waals surface area contributed by atoms with Crippen molar-refractivity contribution in [1.82, 2.24) is 9.88 Å². The third-order valence-corrected chi connectivity index (χ3v) is 7.42. The lowest BCUT2D eigenvalue weighted by Gasteiger charge is -2.33. The first-order chi connectivity index (χ1) is 19.3. The number of carbonyl (C=O) groups excluding carboxylic acids is 2. The summed E-state index contributed by atoms with van der Waals surface area (Å²) in [5.41, 5.74) is -3.15. The van der Waals surface area contributed by atoms with E-state index in [0.717, 1.165) is 17.7 Å². The van der Waals surface area contributed by atoms with Crippen LogP contribution in [-0.2, 0) is 10.4 Å². The van der Waals surface area contributed by atoms with Gasteiger partial charge in [0.2, 0.25) is 0 Å². The molecule has 2 heterocycles. The van der Waals surface area contributed by atoms with Crippen molar-refractivity contribution in [3.05, 3.63) is 82.5 Å². The molecule has 4 rings (SSSR count). The fourth-order valence-electron chi connectivity index (χ4n) is 4.81. The van der Waals surface area contributed by atoms with Crippen molar-refractivity contribution in [3.8, 4) is 5.75 Å². The molecule has 1 atom stereocenters. The van der Waals surface area contributed by atoms with Gasteiger partial charge in [0.25, 0.3) is 17.4 Å². The number of anilines is 2. The van der Waals surface area contributed by atoms with Gasteiger partial charge in [0.15, 0.2) is 0 Å². The second-order valence-corrected chi connectivity index (χ2v) is 10.3. The van der Waals surface area contributed by atoms with E-state index in [1.807, 2.05) is 6.07 Å². The number of hydrogen-bond donors (Lipinski definition) is 2. The van der Waals surface area contributed by atoms with Crippen LogP contribution in [0.15, 0.2) is 60.7 Å². The minimum absolute atomic E-state index is 0.0711. The van der Waals surface area contributed by atoms with E-state index in [9.17, 15) is 27.9 Å². The predicted octanol–water partition coefficient (Wildman–Crippen LogP) is 5.22. The van der Waals surface area contributed by atoms with Gasteiger partial charge in [0.1, 0.15) is 16.7 Å². The van der Waals surface area contributed by atoms with Crippen LogP contribution in [0.5, 0.6) is 5.75 Å². The Morgan fingerprint density at radius 1 is 1.07 bits per heavy atom. The van der Waals surface area contributed by atoms with Crippen molar-refractivity contribution in [3.63, 3.8) is 0 Å². The molecule has 0 spiro atoms. The van der Waals surface area contributed by atoms with Crippen molar-refractivity contribution >= 4 is 34.9 Å². The topological polar surface area (TPSA) is 95.0 Å². The Bertz CT molecular complexity index is 1430. The molecule has 1 aliphatic heterocycles. The summed E-state index contributed by atoms with van der Waals surface area (Å²) in [5.74, 6) is -1.06. The maximum absolute atomic E-state index is 14.1. The zero-order chi connectivity index (χ0) is 29.9. The highest BCUT2D eigenvalue weighted by Crippen LogP contribution is 2.41. The van der Waals surface area contributed by atoms with Crippen molar-refractivity contribution in [2.75, 3.05) is 44.5 Å². The van der Waals surface area contributed by atoms with Gasteiger partial charge in [-0.15, -0.1) is 0 Å². The maximum Gasteiger partial charge on any atom is 0.430 e. The number of halogens is 4. The molecule has 2 amide bonds. The summed E-state index contributed by atoms with van der Waals surface area (Å²) in [6.07, 6.45) is -3.86. The summed E-state index contributed by atoms with van der Waals surface area (Å²) in [7, 11) is 4.54. The number of methoxy groups -OCH3 is 1. The summed E-state index contributed by atoms with van der Waals surface area (Å²) < 4.78 is 47.1. The second kappa shape index (κ2) is 12.0. The van der Waals surface area contributed by atoms with Crippen LogP contribution in [0.2, 0.25) is 5.15 Å². The number of aromatic nitrogens is 1. The fraction of sp³-hybridized carbons (Fsp3) is 0.345. The molecule has 0 saturated carbocycles. The minimum Gasteiger partial charge on any atom is -0.497 e. The van der Waals surface area contributed by atoms with Crippen LogP contribution in [0.1, 0.15) is 40.2 Å². The van der Waals surface area contributed by atoms with Gasteiger partial charge in [0.05, 0.1) is 12.7 Å². The molecular weight excluding hydrogens is 561 g/mol. The molecule has 2 N–H and O–H groups in total. The average Bonchev–Trinajstić information content (AvgIpc) is 2.95. The summed E-state index contributed by atoms with van der Waals surface area (Å²) >= 11 is 6.27. The Balaban J connectivity index is 1.47. The lowest BCUT2D eigenvalue weighted by atomic mass is 9.89. The van der Waals surface area contributed by atoms with Gasteiger partial charge < -0.3 is 25.0 Å². The van der Waals surface area contributed by atoms with Crippen LogP contribution < -0.4 is 15.0 Å².